The fourth-order valence-corrected chi connectivity index (χ4v) is 4.42. The minimum Gasteiger partial charge on any atom is -0.340 e. The zero-order valence-electron chi connectivity index (χ0n) is 18.8. The summed E-state index contributed by atoms with van der Waals surface area (Å²) in [5, 5.41) is 5.35. The van der Waals surface area contributed by atoms with Gasteiger partial charge in [-0.3, -0.25) is 14.4 Å². The van der Waals surface area contributed by atoms with Crippen LogP contribution in [0.3, 0.4) is 0 Å². The SMILES string of the molecule is Cc1nn(CC(C)C)c(C)c1CC(=O)N1CCN(Cc2cn3cc(Cl)ccc3n2)CC1. The van der Waals surface area contributed by atoms with E-state index < -0.39 is 0 Å². The van der Waals surface area contributed by atoms with Crippen molar-refractivity contribution in [2.45, 2.75) is 47.2 Å². The van der Waals surface area contributed by atoms with Gasteiger partial charge in [-0.25, -0.2) is 4.98 Å². The summed E-state index contributed by atoms with van der Waals surface area (Å²) >= 11 is 6.06. The van der Waals surface area contributed by atoms with Gasteiger partial charge >= 0.3 is 0 Å². The van der Waals surface area contributed by atoms with E-state index in [1.165, 1.54) is 0 Å². The molecule has 0 aromatic carbocycles. The fourth-order valence-electron chi connectivity index (χ4n) is 4.25. The molecule has 4 rings (SSSR count). The lowest BCUT2D eigenvalue weighted by molar-refractivity contribution is -0.132. The minimum absolute atomic E-state index is 0.192. The molecule has 4 heterocycles. The molecule has 0 aliphatic carbocycles. The van der Waals surface area contributed by atoms with Crippen LogP contribution < -0.4 is 0 Å². The first-order chi connectivity index (χ1) is 14.8. The summed E-state index contributed by atoms with van der Waals surface area (Å²) < 4.78 is 4.00. The second kappa shape index (κ2) is 9.01. The molecule has 1 amide bonds. The number of hydrogen-bond acceptors (Lipinski definition) is 4. The molecule has 166 valence electrons. The van der Waals surface area contributed by atoms with Crippen LogP contribution in [0, 0.1) is 19.8 Å². The number of halogens is 1. The van der Waals surface area contributed by atoms with Crippen molar-refractivity contribution in [1.29, 1.82) is 0 Å². The number of nitrogens with zero attached hydrogens (tertiary/aromatic N) is 6. The summed E-state index contributed by atoms with van der Waals surface area (Å²) in [6.07, 6.45) is 4.33. The molecule has 3 aromatic heterocycles. The summed E-state index contributed by atoms with van der Waals surface area (Å²) in [6, 6.07) is 3.78. The molecule has 1 aliphatic rings. The number of fused-ring (bicyclic) bond motifs is 1. The predicted molar refractivity (Wildman–Crippen MR) is 122 cm³/mol. The van der Waals surface area contributed by atoms with Gasteiger partial charge in [0.2, 0.25) is 5.91 Å². The van der Waals surface area contributed by atoms with E-state index in [4.69, 9.17) is 11.6 Å². The predicted octanol–water partition coefficient (Wildman–Crippen LogP) is 3.34. The zero-order valence-corrected chi connectivity index (χ0v) is 19.6. The zero-order chi connectivity index (χ0) is 22.1. The third kappa shape index (κ3) is 4.93. The molecule has 0 bridgehead atoms. The van der Waals surface area contributed by atoms with E-state index in [1.807, 2.05) is 45.4 Å². The molecule has 0 saturated carbocycles. The second-order valence-corrected chi connectivity index (χ2v) is 9.34. The number of aromatic nitrogens is 4. The van der Waals surface area contributed by atoms with Gasteiger partial charge in [0.1, 0.15) is 5.65 Å². The van der Waals surface area contributed by atoms with E-state index in [9.17, 15) is 4.79 Å². The molecule has 1 aliphatic heterocycles. The monoisotopic (exact) mass is 442 g/mol. The first-order valence-electron chi connectivity index (χ1n) is 11.0. The Morgan fingerprint density at radius 2 is 1.87 bits per heavy atom. The van der Waals surface area contributed by atoms with E-state index in [2.05, 4.69) is 35.8 Å². The molecule has 0 radical (unpaired) electrons. The molecule has 0 unspecified atom stereocenters. The molecule has 7 nitrogen and oxygen atoms in total. The van der Waals surface area contributed by atoms with Crippen LogP contribution in [0.15, 0.2) is 24.5 Å². The average molecular weight is 443 g/mol. The van der Waals surface area contributed by atoms with Gasteiger partial charge < -0.3 is 9.30 Å². The van der Waals surface area contributed by atoms with Crippen molar-refractivity contribution in [3.05, 3.63) is 52.2 Å². The average Bonchev–Trinajstić information content (AvgIpc) is 3.22. The number of carbonyl (C=O) groups excluding carboxylic acids is 1. The number of piperazine rings is 1. The normalized spacial score (nSPS) is 15.4. The molecule has 3 aromatic rings. The maximum atomic E-state index is 13.0. The van der Waals surface area contributed by atoms with Crippen molar-refractivity contribution in [3.8, 4) is 0 Å². The van der Waals surface area contributed by atoms with E-state index in [1.54, 1.807) is 0 Å². The number of aryl methyl sites for hydroxylation is 1. The third-order valence-electron chi connectivity index (χ3n) is 5.97. The highest BCUT2D eigenvalue weighted by atomic mass is 35.5. The minimum atomic E-state index is 0.192. The second-order valence-electron chi connectivity index (χ2n) is 8.90. The van der Waals surface area contributed by atoms with Gasteiger partial charge in [-0.1, -0.05) is 25.4 Å². The lowest BCUT2D eigenvalue weighted by atomic mass is 10.1. The van der Waals surface area contributed by atoms with Crippen molar-refractivity contribution in [1.82, 2.24) is 29.0 Å². The summed E-state index contributed by atoms with van der Waals surface area (Å²) in [6.45, 7) is 13.3. The van der Waals surface area contributed by atoms with E-state index in [0.29, 0.717) is 17.4 Å². The van der Waals surface area contributed by atoms with Crippen molar-refractivity contribution in [3.63, 3.8) is 0 Å². The van der Waals surface area contributed by atoms with E-state index in [-0.39, 0.29) is 5.91 Å². The quantitative estimate of drug-likeness (QED) is 0.587. The Morgan fingerprint density at radius 3 is 2.58 bits per heavy atom. The van der Waals surface area contributed by atoms with E-state index in [0.717, 1.165) is 67.6 Å². The number of pyridine rings is 1. The highest BCUT2D eigenvalue weighted by Crippen LogP contribution is 2.18. The fraction of sp³-hybridized carbons (Fsp3) is 0.522. The van der Waals surface area contributed by atoms with Gasteiger partial charge in [-0.05, 0) is 31.9 Å². The molecule has 0 atom stereocenters. The molecule has 31 heavy (non-hydrogen) atoms. The van der Waals surface area contributed by atoms with Crippen molar-refractivity contribution >= 4 is 23.2 Å². The third-order valence-corrected chi connectivity index (χ3v) is 6.20. The number of amides is 1. The molecule has 1 saturated heterocycles. The van der Waals surface area contributed by atoms with Crippen molar-refractivity contribution < 1.29 is 4.79 Å². The van der Waals surface area contributed by atoms with Crippen LogP contribution in [0.1, 0.15) is 36.5 Å². The maximum absolute atomic E-state index is 13.0. The summed E-state index contributed by atoms with van der Waals surface area (Å²) in [5.74, 6) is 0.719. The van der Waals surface area contributed by atoms with Crippen LogP contribution in [0.4, 0.5) is 0 Å². The Labute approximate surface area is 188 Å². The summed E-state index contributed by atoms with van der Waals surface area (Å²) in [4.78, 5) is 22.0. The molecule has 0 N–H and O–H groups in total. The van der Waals surface area contributed by atoms with Crippen LogP contribution in [-0.4, -0.2) is 61.1 Å². The standard InChI is InChI=1S/C23H31ClN6O/c1-16(2)12-30-18(4)21(17(3)26-30)11-23(31)28-9-7-27(8-10-28)14-20-15-29-13-19(24)5-6-22(29)25-20/h5-6,13,15-16H,7-12,14H2,1-4H3. The summed E-state index contributed by atoms with van der Waals surface area (Å²) in [5.41, 5.74) is 5.08. The van der Waals surface area contributed by atoms with Crippen LogP contribution in [-0.2, 0) is 24.3 Å². The van der Waals surface area contributed by atoms with Crippen LogP contribution >= 0.6 is 11.6 Å². The molecule has 1 fully saturated rings. The van der Waals surface area contributed by atoms with Crippen molar-refractivity contribution in [2.24, 2.45) is 5.92 Å². The van der Waals surface area contributed by atoms with Gasteiger partial charge in [-0.2, -0.15) is 5.10 Å². The summed E-state index contributed by atoms with van der Waals surface area (Å²) in [7, 11) is 0. The number of hydrogen-bond donors (Lipinski definition) is 0. The first-order valence-corrected chi connectivity index (χ1v) is 11.3. The first kappa shape index (κ1) is 21.8. The van der Waals surface area contributed by atoms with Gasteiger partial charge in [0.15, 0.2) is 0 Å². The van der Waals surface area contributed by atoms with Crippen LogP contribution in [0.5, 0.6) is 0 Å². The maximum Gasteiger partial charge on any atom is 0.227 e. The molecule has 0 spiro atoms. The Morgan fingerprint density at radius 1 is 1.13 bits per heavy atom. The van der Waals surface area contributed by atoms with Gasteiger partial charge in [-0.15, -0.1) is 0 Å². The van der Waals surface area contributed by atoms with Crippen LogP contribution in [0.2, 0.25) is 5.02 Å². The Hall–Kier alpha value is -2.38. The Bertz CT molecular complexity index is 1080. The molecule has 8 heteroatoms. The highest BCUT2D eigenvalue weighted by Gasteiger charge is 2.24. The topological polar surface area (TPSA) is 58.7 Å². The van der Waals surface area contributed by atoms with Crippen molar-refractivity contribution in [2.75, 3.05) is 26.2 Å². The van der Waals surface area contributed by atoms with Crippen LogP contribution in [0.25, 0.3) is 5.65 Å². The lowest BCUT2D eigenvalue weighted by Gasteiger charge is -2.34. The number of carbonyl (C=O) groups is 1. The Balaban J connectivity index is 1.33. The number of imidazole rings is 1. The largest absolute Gasteiger partial charge is 0.340 e. The molecular weight excluding hydrogens is 412 g/mol. The van der Waals surface area contributed by atoms with Gasteiger partial charge in [0.05, 0.1) is 22.8 Å². The lowest BCUT2D eigenvalue weighted by Crippen LogP contribution is -2.48. The Kier molecular flexibility index (Phi) is 6.34. The smallest absolute Gasteiger partial charge is 0.227 e. The van der Waals surface area contributed by atoms with Gasteiger partial charge in [0.25, 0.3) is 0 Å². The highest BCUT2D eigenvalue weighted by molar-refractivity contribution is 6.30. The molecular formula is C23H31ClN6O. The number of rotatable bonds is 6. The van der Waals surface area contributed by atoms with E-state index >= 15 is 0 Å². The van der Waals surface area contributed by atoms with Gasteiger partial charge in [0, 0.05) is 62.9 Å².